The molecule has 138 valence electrons. The summed E-state index contributed by atoms with van der Waals surface area (Å²) in [5.74, 6) is -1.23. The molecule has 2 amide bonds. The first-order chi connectivity index (χ1) is 12.9. The Labute approximate surface area is 170 Å². The molecule has 1 aromatic heterocycles. The van der Waals surface area contributed by atoms with Crippen molar-refractivity contribution in [2.24, 2.45) is 5.73 Å². The van der Waals surface area contributed by atoms with Crippen molar-refractivity contribution in [2.45, 2.75) is 25.7 Å². The molecule has 1 aliphatic carbocycles. The molecule has 5 nitrogen and oxygen atoms in total. The lowest BCUT2D eigenvalue weighted by molar-refractivity contribution is -0.112. The fraction of sp³-hybridized carbons (Fsp3) is 0.211. The Morgan fingerprint density at radius 2 is 1.89 bits per heavy atom. The molecule has 3 N–H and O–H groups in total. The minimum Gasteiger partial charge on any atom is -0.365 e. The number of carbonyl (C=O) groups is 2. The maximum absolute atomic E-state index is 12.6. The number of carbonyl (C=O) groups excluding carboxylic acids is 2. The fourth-order valence-electron chi connectivity index (χ4n) is 3.03. The molecule has 0 aliphatic heterocycles. The van der Waals surface area contributed by atoms with E-state index in [0.717, 1.165) is 36.1 Å². The van der Waals surface area contributed by atoms with Crippen molar-refractivity contribution >= 4 is 57.4 Å². The number of nitrogens with zero attached hydrogens (tertiary/aromatic N) is 1. The average molecular weight is 420 g/mol. The summed E-state index contributed by atoms with van der Waals surface area (Å²) in [5.41, 5.74) is 6.99. The lowest BCUT2D eigenvalue weighted by Crippen LogP contribution is -2.19. The number of rotatable bonds is 4. The van der Waals surface area contributed by atoms with Gasteiger partial charge in [-0.2, -0.15) is 5.26 Å². The largest absolute Gasteiger partial charge is 0.365 e. The molecular weight excluding hydrogens is 405 g/mol. The summed E-state index contributed by atoms with van der Waals surface area (Å²) in [5, 5.41) is 13.1. The van der Waals surface area contributed by atoms with Crippen LogP contribution >= 0.6 is 34.5 Å². The number of fused-ring (bicyclic) bond motifs is 1. The van der Waals surface area contributed by atoms with Crippen LogP contribution in [0.4, 0.5) is 5.00 Å². The van der Waals surface area contributed by atoms with Gasteiger partial charge in [-0.3, -0.25) is 9.59 Å². The van der Waals surface area contributed by atoms with E-state index in [1.807, 2.05) is 6.07 Å². The summed E-state index contributed by atoms with van der Waals surface area (Å²) in [6.07, 6.45) is 4.96. The minimum absolute atomic E-state index is 0.174. The van der Waals surface area contributed by atoms with Crippen molar-refractivity contribution in [1.82, 2.24) is 0 Å². The molecule has 0 unspecified atom stereocenters. The number of benzene rings is 1. The van der Waals surface area contributed by atoms with Crippen molar-refractivity contribution in [3.63, 3.8) is 0 Å². The fourth-order valence-corrected chi connectivity index (χ4v) is 4.82. The van der Waals surface area contributed by atoms with E-state index in [9.17, 15) is 14.9 Å². The SMILES string of the molecule is N#C/C(=C\c1c(Cl)cccc1Cl)C(=O)Nc1sc2c(c1C(N)=O)CCCC2. The third-order valence-corrected chi connectivity index (χ3v) is 6.16. The van der Waals surface area contributed by atoms with Crippen LogP contribution in [0.2, 0.25) is 10.0 Å². The molecule has 3 rings (SSSR count). The number of nitriles is 1. The second kappa shape index (κ2) is 8.13. The number of primary amides is 1. The number of aryl methyl sites for hydroxylation is 1. The zero-order chi connectivity index (χ0) is 19.6. The van der Waals surface area contributed by atoms with Gasteiger partial charge in [0.1, 0.15) is 16.6 Å². The van der Waals surface area contributed by atoms with E-state index >= 15 is 0 Å². The van der Waals surface area contributed by atoms with E-state index in [4.69, 9.17) is 28.9 Å². The molecule has 1 aromatic carbocycles. The lowest BCUT2D eigenvalue weighted by atomic mass is 9.95. The van der Waals surface area contributed by atoms with Crippen LogP contribution in [-0.4, -0.2) is 11.8 Å². The van der Waals surface area contributed by atoms with Gasteiger partial charge < -0.3 is 11.1 Å². The average Bonchev–Trinajstić information content (AvgIpc) is 2.99. The van der Waals surface area contributed by atoms with Gasteiger partial charge in [-0.25, -0.2) is 0 Å². The summed E-state index contributed by atoms with van der Waals surface area (Å²) >= 11 is 13.5. The van der Waals surface area contributed by atoms with Crippen molar-refractivity contribution in [2.75, 3.05) is 5.32 Å². The van der Waals surface area contributed by atoms with Crippen molar-refractivity contribution in [1.29, 1.82) is 5.26 Å². The van der Waals surface area contributed by atoms with Crippen LogP contribution in [0.25, 0.3) is 6.08 Å². The molecule has 27 heavy (non-hydrogen) atoms. The Kier molecular flexibility index (Phi) is 5.85. The van der Waals surface area contributed by atoms with Gasteiger partial charge in [0.2, 0.25) is 0 Å². The molecule has 1 heterocycles. The summed E-state index contributed by atoms with van der Waals surface area (Å²) in [6.45, 7) is 0. The number of thiophene rings is 1. The van der Waals surface area contributed by atoms with E-state index in [2.05, 4.69) is 5.32 Å². The van der Waals surface area contributed by atoms with Crippen LogP contribution in [0.3, 0.4) is 0 Å². The lowest BCUT2D eigenvalue weighted by Gasteiger charge is -2.11. The highest BCUT2D eigenvalue weighted by Crippen LogP contribution is 2.38. The van der Waals surface area contributed by atoms with Gasteiger partial charge in [0.15, 0.2) is 0 Å². The van der Waals surface area contributed by atoms with Gasteiger partial charge in [0.25, 0.3) is 11.8 Å². The van der Waals surface area contributed by atoms with Crippen LogP contribution in [-0.2, 0) is 17.6 Å². The second-order valence-electron chi connectivity index (χ2n) is 6.04. The molecule has 0 spiro atoms. The van der Waals surface area contributed by atoms with Crippen LogP contribution < -0.4 is 11.1 Å². The minimum atomic E-state index is -0.644. The molecule has 1 aliphatic rings. The molecule has 0 atom stereocenters. The number of hydrogen-bond acceptors (Lipinski definition) is 4. The predicted octanol–water partition coefficient (Wildman–Crippen LogP) is 4.58. The number of amides is 2. The monoisotopic (exact) mass is 419 g/mol. The maximum Gasteiger partial charge on any atom is 0.266 e. The molecule has 0 saturated carbocycles. The van der Waals surface area contributed by atoms with E-state index in [0.29, 0.717) is 26.2 Å². The zero-order valence-electron chi connectivity index (χ0n) is 14.1. The van der Waals surface area contributed by atoms with Crippen LogP contribution in [0.15, 0.2) is 23.8 Å². The predicted molar refractivity (Wildman–Crippen MR) is 108 cm³/mol. The van der Waals surface area contributed by atoms with E-state index in [1.54, 1.807) is 18.2 Å². The van der Waals surface area contributed by atoms with Crippen molar-refractivity contribution in [3.05, 3.63) is 55.4 Å². The summed E-state index contributed by atoms with van der Waals surface area (Å²) in [6, 6.07) is 6.76. The third kappa shape index (κ3) is 4.01. The topological polar surface area (TPSA) is 96.0 Å². The van der Waals surface area contributed by atoms with Crippen LogP contribution in [0.1, 0.15) is 39.2 Å². The Bertz CT molecular complexity index is 985. The Morgan fingerprint density at radius 3 is 2.52 bits per heavy atom. The molecule has 0 fully saturated rings. The second-order valence-corrected chi connectivity index (χ2v) is 7.96. The number of nitrogens with two attached hydrogens (primary N) is 1. The third-order valence-electron chi connectivity index (χ3n) is 4.30. The standard InChI is InChI=1S/C19H15Cl2N3O2S/c20-13-5-3-6-14(21)12(13)8-10(9-22)18(26)24-19-16(17(23)25)11-4-1-2-7-15(11)27-19/h3,5-6,8H,1-2,4,7H2,(H2,23,25)(H,24,26)/b10-8+. The quantitative estimate of drug-likeness (QED) is 0.560. The van der Waals surface area contributed by atoms with E-state index in [1.165, 1.54) is 17.4 Å². The number of halogens is 2. The maximum atomic E-state index is 12.6. The number of anilines is 1. The van der Waals surface area contributed by atoms with Gasteiger partial charge in [0, 0.05) is 20.5 Å². The van der Waals surface area contributed by atoms with Gasteiger partial charge in [-0.05, 0) is 49.5 Å². The molecule has 0 radical (unpaired) electrons. The Balaban J connectivity index is 1.95. The molecule has 0 bridgehead atoms. The summed E-state index contributed by atoms with van der Waals surface area (Å²) in [7, 11) is 0. The summed E-state index contributed by atoms with van der Waals surface area (Å²) in [4.78, 5) is 25.6. The van der Waals surface area contributed by atoms with Crippen molar-refractivity contribution < 1.29 is 9.59 Å². The first-order valence-electron chi connectivity index (χ1n) is 8.24. The molecular formula is C19H15Cl2N3O2S. The van der Waals surface area contributed by atoms with Crippen LogP contribution in [0, 0.1) is 11.3 Å². The molecule has 2 aromatic rings. The highest BCUT2D eigenvalue weighted by Gasteiger charge is 2.25. The van der Waals surface area contributed by atoms with E-state index in [-0.39, 0.29) is 5.57 Å². The number of nitrogens with one attached hydrogen (secondary N) is 1. The normalized spacial score (nSPS) is 13.6. The zero-order valence-corrected chi connectivity index (χ0v) is 16.5. The first-order valence-corrected chi connectivity index (χ1v) is 9.81. The van der Waals surface area contributed by atoms with Gasteiger partial charge in [0.05, 0.1) is 5.56 Å². The van der Waals surface area contributed by atoms with Crippen LogP contribution in [0.5, 0.6) is 0 Å². The van der Waals surface area contributed by atoms with E-state index < -0.39 is 11.8 Å². The Morgan fingerprint density at radius 1 is 1.22 bits per heavy atom. The number of hydrogen-bond donors (Lipinski definition) is 2. The molecule has 0 saturated heterocycles. The van der Waals surface area contributed by atoms with Gasteiger partial charge in [-0.1, -0.05) is 29.3 Å². The molecule has 8 heteroatoms. The first kappa shape index (κ1) is 19.4. The van der Waals surface area contributed by atoms with Gasteiger partial charge >= 0.3 is 0 Å². The van der Waals surface area contributed by atoms with Gasteiger partial charge in [-0.15, -0.1) is 11.3 Å². The smallest absolute Gasteiger partial charge is 0.266 e. The van der Waals surface area contributed by atoms with Crippen molar-refractivity contribution in [3.8, 4) is 6.07 Å². The Hall–Kier alpha value is -2.33. The summed E-state index contributed by atoms with van der Waals surface area (Å²) < 4.78 is 0. The highest BCUT2D eigenvalue weighted by molar-refractivity contribution is 7.17. The highest BCUT2D eigenvalue weighted by atomic mass is 35.5.